The number of nitrogens with zero attached hydrogens (tertiary/aromatic N) is 1. The van der Waals surface area contributed by atoms with E-state index in [4.69, 9.17) is 9.84 Å². The Balaban J connectivity index is 0.00000364. The molecule has 0 aliphatic carbocycles. The molecule has 3 unspecified atom stereocenters. The average molecular weight is 386 g/mol. The van der Waals surface area contributed by atoms with Gasteiger partial charge >= 0.3 is 29.6 Å². The van der Waals surface area contributed by atoms with Crippen molar-refractivity contribution in [2.75, 3.05) is 6.61 Å². The molecule has 148 valence electrons. The molecule has 3 atom stereocenters. The summed E-state index contributed by atoms with van der Waals surface area (Å²) >= 11 is 0. The molecule has 4 nitrogen and oxygen atoms in total. The molecule has 0 aromatic carbocycles. The first-order chi connectivity index (χ1) is 12.7. The summed E-state index contributed by atoms with van der Waals surface area (Å²) in [6.45, 7) is 2.47. The molecule has 2 heterocycles. The first kappa shape index (κ1) is 24.8. The number of hydrogen-bond acceptors (Lipinski definition) is 4. The van der Waals surface area contributed by atoms with Crippen molar-refractivity contribution in [2.24, 2.45) is 0 Å². The zero-order chi connectivity index (χ0) is 18.6. The first-order valence-corrected chi connectivity index (χ1v) is 10.3. The van der Waals surface area contributed by atoms with Gasteiger partial charge in [-0.05, 0) is 43.9 Å². The summed E-state index contributed by atoms with van der Waals surface area (Å²) < 4.78 is 5.71. The van der Waals surface area contributed by atoms with Crippen LogP contribution in [0.15, 0.2) is 24.3 Å². The van der Waals surface area contributed by atoms with Crippen LogP contribution in [0.2, 0.25) is 0 Å². The molecule has 1 aliphatic heterocycles. The molecule has 0 saturated carbocycles. The molecule has 1 saturated heterocycles. The van der Waals surface area contributed by atoms with E-state index in [0.29, 0.717) is 0 Å². The Kier molecular flexibility index (Phi) is 13.5. The summed E-state index contributed by atoms with van der Waals surface area (Å²) in [5.74, 6) is 0. The van der Waals surface area contributed by atoms with Crippen LogP contribution in [0.4, 0.5) is 0 Å². The minimum atomic E-state index is -0.393. The summed E-state index contributed by atoms with van der Waals surface area (Å²) in [6.07, 6.45) is 14.8. The molecule has 27 heavy (non-hydrogen) atoms. The predicted molar refractivity (Wildman–Crippen MR) is 113 cm³/mol. The quantitative estimate of drug-likeness (QED) is 0.287. The van der Waals surface area contributed by atoms with Crippen LogP contribution >= 0.6 is 0 Å². The standard InChI is InChI=1S/C22H35NO3.Na.H/c1-2-3-4-5-6-7-12-19(25)16-15-18-11-10-13-20(23-18)22-21(26-22)14-8-9-17-24;;/h10-11,13,15-16,19,21-22,24-25H,2-9,12,14,17H2,1H3;;. The summed E-state index contributed by atoms with van der Waals surface area (Å²) in [4.78, 5) is 4.64. The van der Waals surface area contributed by atoms with Crippen LogP contribution < -0.4 is 0 Å². The van der Waals surface area contributed by atoms with Crippen LogP contribution in [0.25, 0.3) is 6.08 Å². The van der Waals surface area contributed by atoms with Crippen LogP contribution in [0.3, 0.4) is 0 Å². The van der Waals surface area contributed by atoms with Crippen LogP contribution in [0, 0.1) is 0 Å². The van der Waals surface area contributed by atoms with Gasteiger partial charge in [0, 0.05) is 6.61 Å². The van der Waals surface area contributed by atoms with Gasteiger partial charge in [-0.15, -0.1) is 0 Å². The van der Waals surface area contributed by atoms with Crippen molar-refractivity contribution in [1.82, 2.24) is 4.98 Å². The molecule has 1 fully saturated rings. The SMILES string of the molecule is CCCCCCCCC(O)C=Cc1cccc(C2OC2CCCCO)n1.[NaH]. The van der Waals surface area contributed by atoms with Gasteiger partial charge in [-0.3, -0.25) is 4.98 Å². The Morgan fingerprint density at radius 1 is 1.11 bits per heavy atom. The molecule has 1 aromatic rings. The number of ether oxygens (including phenoxy) is 1. The van der Waals surface area contributed by atoms with Gasteiger partial charge in [0.2, 0.25) is 0 Å². The van der Waals surface area contributed by atoms with Crippen LogP contribution in [0.5, 0.6) is 0 Å². The van der Waals surface area contributed by atoms with E-state index in [-0.39, 0.29) is 48.4 Å². The van der Waals surface area contributed by atoms with E-state index in [9.17, 15) is 5.11 Å². The zero-order valence-corrected chi connectivity index (χ0v) is 16.1. The van der Waals surface area contributed by atoms with E-state index in [2.05, 4.69) is 11.9 Å². The Hall–Kier alpha value is -0.230. The Labute approximate surface area is 186 Å². The molecule has 1 aromatic heterocycles. The third kappa shape index (κ3) is 10.2. The molecule has 1 aliphatic rings. The molecular formula is C22H36NNaO3. The van der Waals surface area contributed by atoms with Crippen LogP contribution in [-0.4, -0.2) is 63.6 Å². The molecule has 0 bridgehead atoms. The number of aromatic nitrogens is 1. The van der Waals surface area contributed by atoms with Crippen molar-refractivity contribution in [2.45, 2.75) is 89.4 Å². The van der Waals surface area contributed by atoms with Gasteiger partial charge in [0.15, 0.2) is 0 Å². The van der Waals surface area contributed by atoms with Gasteiger partial charge in [-0.25, -0.2) is 0 Å². The van der Waals surface area contributed by atoms with E-state index >= 15 is 0 Å². The van der Waals surface area contributed by atoms with Crippen molar-refractivity contribution in [3.63, 3.8) is 0 Å². The third-order valence-electron chi connectivity index (χ3n) is 4.91. The number of aliphatic hydroxyl groups is 2. The minimum absolute atomic E-state index is 0. The summed E-state index contributed by atoms with van der Waals surface area (Å²) in [6, 6.07) is 5.95. The third-order valence-corrected chi connectivity index (χ3v) is 4.91. The maximum absolute atomic E-state index is 10.1. The second-order valence-corrected chi connectivity index (χ2v) is 7.28. The van der Waals surface area contributed by atoms with Gasteiger partial charge in [-0.1, -0.05) is 57.6 Å². The zero-order valence-electron chi connectivity index (χ0n) is 16.1. The van der Waals surface area contributed by atoms with Gasteiger partial charge in [0.05, 0.1) is 23.6 Å². The monoisotopic (exact) mass is 385 g/mol. The predicted octanol–water partition coefficient (Wildman–Crippen LogP) is 4.16. The van der Waals surface area contributed by atoms with E-state index < -0.39 is 6.10 Å². The van der Waals surface area contributed by atoms with Crippen molar-refractivity contribution in [1.29, 1.82) is 0 Å². The first-order valence-electron chi connectivity index (χ1n) is 10.3. The molecule has 2 rings (SSSR count). The van der Waals surface area contributed by atoms with Gasteiger partial charge in [0.1, 0.15) is 6.10 Å². The van der Waals surface area contributed by atoms with Gasteiger partial charge in [0.25, 0.3) is 0 Å². The van der Waals surface area contributed by atoms with Crippen molar-refractivity contribution in [3.05, 3.63) is 35.7 Å². The summed E-state index contributed by atoms with van der Waals surface area (Å²) in [7, 11) is 0. The van der Waals surface area contributed by atoms with Crippen molar-refractivity contribution < 1.29 is 14.9 Å². The molecule has 0 amide bonds. The van der Waals surface area contributed by atoms with E-state index in [1.807, 2.05) is 30.4 Å². The number of pyridine rings is 1. The Morgan fingerprint density at radius 3 is 2.67 bits per heavy atom. The van der Waals surface area contributed by atoms with Gasteiger partial charge in [-0.2, -0.15) is 0 Å². The topological polar surface area (TPSA) is 65.9 Å². The average Bonchev–Trinajstić information content (AvgIpc) is 3.43. The molecular weight excluding hydrogens is 349 g/mol. The fraction of sp³-hybridized carbons (Fsp3) is 0.682. The summed E-state index contributed by atoms with van der Waals surface area (Å²) in [5.41, 5.74) is 1.83. The van der Waals surface area contributed by atoms with Crippen molar-refractivity contribution >= 4 is 35.6 Å². The van der Waals surface area contributed by atoms with E-state index in [1.165, 1.54) is 32.1 Å². The van der Waals surface area contributed by atoms with E-state index in [1.54, 1.807) is 0 Å². The molecule has 0 radical (unpaired) electrons. The normalized spacial score (nSPS) is 19.8. The molecule has 0 spiro atoms. The van der Waals surface area contributed by atoms with Crippen molar-refractivity contribution in [3.8, 4) is 0 Å². The molecule has 5 heteroatoms. The number of epoxide rings is 1. The van der Waals surface area contributed by atoms with E-state index in [0.717, 1.165) is 43.5 Å². The number of aliphatic hydroxyl groups excluding tert-OH is 2. The Morgan fingerprint density at radius 2 is 1.89 bits per heavy atom. The van der Waals surface area contributed by atoms with Gasteiger partial charge < -0.3 is 14.9 Å². The second kappa shape index (κ2) is 14.7. The number of unbranched alkanes of at least 4 members (excludes halogenated alkanes) is 6. The number of hydrogen-bond donors (Lipinski definition) is 2. The Bertz CT molecular complexity index is 538. The van der Waals surface area contributed by atoms with Crippen LogP contribution in [-0.2, 0) is 4.74 Å². The second-order valence-electron chi connectivity index (χ2n) is 7.28. The fourth-order valence-electron chi connectivity index (χ4n) is 3.24. The fourth-order valence-corrected chi connectivity index (χ4v) is 3.24. The summed E-state index contributed by atoms with van der Waals surface area (Å²) in [5, 5.41) is 19.0. The number of rotatable bonds is 14. The molecule has 2 N–H and O–H groups in total. The van der Waals surface area contributed by atoms with Crippen LogP contribution in [0.1, 0.15) is 88.6 Å². The maximum atomic E-state index is 10.1.